The maximum Gasteiger partial charge on any atom is 0.250 e. The molecule has 4 heteroatoms. The summed E-state index contributed by atoms with van der Waals surface area (Å²) in [7, 11) is 0. The van der Waals surface area contributed by atoms with E-state index in [0.29, 0.717) is 13.1 Å². The molecule has 0 N–H and O–H groups in total. The van der Waals surface area contributed by atoms with E-state index in [-0.39, 0.29) is 18.1 Å². The molecule has 0 spiro atoms. The first-order chi connectivity index (χ1) is 6.53. The Kier molecular flexibility index (Phi) is 4.64. The van der Waals surface area contributed by atoms with Gasteiger partial charge in [0, 0.05) is 25.9 Å². The molecular formula is C10H18F2NS-. The Balaban J connectivity index is 2.16. The lowest BCUT2D eigenvalue weighted by atomic mass is 10.1. The van der Waals surface area contributed by atoms with Crippen molar-refractivity contribution in [2.75, 3.05) is 19.6 Å². The zero-order valence-corrected chi connectivity index (χ0v) is 9.44. The van der Waals surface area contributed by atoms with Crippen molar-refractivity contribution in [3.63, 3.8) is 0 Å². The number of hydrogen-bond donors (Lipinski definition) is 1. The molecule has 1 rings (SSSR count). The Bertz CT molecular complexity index is 166. The van der Waals surface area contributed by atoms with Crippen molar-refractivity contribution in [1.82, 2.24) is 4.90 Å². The first kappa shape index (κ1) is 12.2. The van der Waals surface area contributed by atoms with Crippen LogP contribution in [-0.2, 0) is 0 Å². The van der Waals surface area contributed by atoms with E-state index < -0.39 is 5.92 Å². The van der Waals surface area contributed by atoms with Gasteiger partial charge < -0.3 is 11.3 Å². The lowest BCUT2D eigenvalue weighted by Crippen LogP contribution is -2.40. The second kappa shape index (κ2) is 5.31. The molecule has 84 valence electrons. The highest BCUT2D eigenvalue weighted by atomic mass is 32.1. The summed E-state index contributed by atoms with van der Waals surface area (Å²) in [6, 6.07) is 0. The number of likely N-dealkylation sites (tertiary alicyclic amines) is 1. The monoisotopic (exact) mass is 222 g/mol. The lowest BCUT2D eigenvalue weighted by Gasteiger charge is -2.32. The fraction of sp³-hybridized carbons (Fsp3) is 0.900. The average molecular weight is 222 g/mol. The van der Waals surface area contributed by atoms with E-state index in [1.54, 1.807) is 0 Å². The average Bonchev–Trinajstić information content (AvgIpc) is 2.16. The zero-order chi connectivity index (χ0) is 10.6. The molecular weight excluding hydrogens is 204 g/mol. The molecule has 1 aliphatic heterocycles. The van der Waals surface area contributed by atoms with Gasteiger partial charge in [-0.3, -0.25) is 0 Å². The van der Waals surface area contributed by atoms with E-state index in [4.69, 9.17) is 0 Å². The first-order valence-corrected chi connectivity index (χ1v) is 5.63. The summed E-state index contributed by atoms with van der Waals surface area (Å²) in [6.45, 7) is 3.91. The van der Waals surface area contributed by atoms with E-state index in [9.17, 15) is 8.78 Å². The summed E-state index contributed by atoms with van der Waals surface area (Å²) in [6.07, 6.45) is 3.01. The van der Waals surface area contributed by atoms with Gasteiger partial charge in [0.1, 0.15) is 0 Å². The predicted octanol–water partition coefficient (Wildman–Crippen LogP) is 2.63. The summed E-state index contributed by atoms with van der Waals surface area (Å²) in [5.41, 5.74) is 0. The fourth-order valence-corrected chi connectivity index (χ4v) is 1.70. The van der Waals surface area contributed by atoms with Gasteiger partial charge in [-0.15, -0.1) is 5.25 Å². The summed E-state index contributed by atoms with van der Waals surface area (Å²) in [4.78, 5) is 2.10. The quantitative estimate of drug-likeness (QED) is 0.565. The minimum atomic E-state index is -2.42. The van der Waals surface area contributed by atoms with E-state index in [2.05, 4.69) is 17.5 Å². The van der Waals surface area contributed by atoms with E-state index in [1.165, 1.54) is 0 Å². The van der Waals surface area contributed by atoms with Crippen molar-refractivity contribution in [1.29, 1.82) is 0 Å². The second-order valence-electron chi connectivity index (χ2n) is 3.89. The Morgan fingerprint density at radius 1 is 1.43 bits per heavy atom. The van der Waals surface area contributed by atoms with Crippen LogP contribution in [0.2, 0.25) is 0 Å². The lowest BCUT2D eigenvalue weighted by molar-refractivity contribution is -0.0550. The minimum absolute atomic E-state index is 0.0140. The van der Waals surface area contributed by atoms with Gasteiger partial charge in [-0.05, 0) is 6.54 Å². The molecule has 1 nitrogen and oxygen atoms in total. The number of nitrogens with zero attached hydrogens (tertiary/aromatic N) is 1. The van der Waals surface area contributed by atoms with Crippen LogP contribution in [0.4, 0.5) is 8.78 Å². The summed E-state index contributed by atoms with van der Waals surface area (Å²) >= 11 is 4.33. The molecule has 1 aliphatic rings. The van der Waals surface area contributed by atoms with Crippen LogP contribution >= 0.6 is 12.6 Å². The summed E-state index contributed by atoms with van der Waals surface area (Å²) in [5, 5.41) is 0.289. The van der Waals surface area contributed by atoms with Crippen LogP contribution in [0.25, 0.3) is 0 Å². The topological polar surface area (TPSA) is 3.24 Å². The van der Waals surface area contributed by atoms with Crippen LogP contribution in [0.5, 0.6) is 0 Å². The molecule has 0 radical (unpaired) electrons. The molecule has 0 amide bonds. The van der Waals surface area contributed by atoms with Crippen LogP contribution in [0, 0.1) is 6.42 Å². The van der Waals surface area contributed by atoms with Crippen molar-refractivity contribution >= 4 is 12.6 Å². The minimum Gasteiger partial charge on any atom is -0.319 e. The molecule has 0 aromatic rings. The van der Waals surface area contributed by atoms with Crippen molar-refractivity contribution in [3.05, 3.63) is 6.42 Å². The molecule has 1 unspecified atom stereocenters. The fourth-order valence-electron chi connectivity index (χ4n) is 1.59. The number of rotatable bonds is 4. The molecule has 0 saturated carbocycles. The third-order valence-corrected chi connectivity index (χ3v) is 3.27. The molecule has 0 aromatic carbocycles. The van der Waals surface area contributed by atoms with E-state index in [0.717, 1.165) is 13.0 Å². The summed E-state index contributed by atoms with van der Waals surface area (Å²) < 4.78 is 25.6. The maximum absolute atomic E-state index is 12.8. The third kappa shape index (κ3) is 4.13. The number of halogens is 2. The molecule has 1 saturated heterocycles. The van der Waals surface area contributed by atoms with E-state index in [1.807, 2.05) is 13.3 Å². The molecule has 1 heterocycles. The van der Waals surface area contributed by atoms with Crippen molar-refractivity contribution < 1.29 is 8.78 Å². The Labute approximate surface area is 90.3 Å². The zero-order valence-electron chi connectivity index (χ0n) is 8.55. The van der Waals surface area contributed by atoms with Crippen molar-refractivity contribution in [2.45, 2.75) is 37.4 Å². The van der Waals surface area contributed by atoms with Gasteiger partial charge in [0.2, 0.25) is 0 Å². The highest BCUT2D eigenvalue weighted by Crippen LogP contribution is 2.27. The SMILES string of the molecule is C[CH-]C(S)CCN1CCC(F)(F)CC1. The first-order valence-electron chi connectivity index (χ1n) is 5.11. The number of alkyl halides is 2. The molecule has 1 atom stereocenters. The number of hydrogen-bond acceptors (Lipinski definition) is 2. The van der Waals surface area contributed by atoms with Crippen LogP contribution in [0.3, 0.4) is 0 Å². The number of thiol groups is 1. The van der Waals surface area contributed by atoms with E-state index >= 15 is 0 Å². The standard InChI is InChI=1S/C10H18F2NS/c1-2-9(14)3-6-13-7-4-10(11,12)5-8-13/h2,9,14H,3-8H2,1H3/q-1. The van der Waals surface area contributed by atoms with Crippen molar-refractivity contribution in [2.24, 2.45) is 0 Å². The smallest absolute Gasteiger partial charge is 0.250 e. The van der Waals surface area contributed by atoms with Gasteiger partial charge in [-0.1, -0.05) is 6.42 Å². The van der Waals surface area contributed by atoms with Gasteiger partial charge in [-0.25, -0.2) is 21.4 Å². The van der Waals surface area contributed by atoms with Gasteiger partial charge in [-0.2, -0.15) is 6.92 Å². The summed E-state index contributed by atoms with van der Waals surface area (Å²) in [5.74, 6) is -2.42. The highest BCUT2D eigenvalue weighted by Gasteiger charge is 2.33. The van der Waals surface area contributed by atoms with Crippen LogP contribution < -0.4 is 0 Å². The predicted molar refractivity (Wildman–Crippen MR) is 58.0 cm³/mol. The molecule has 0 aromatic heterocycles. The largest absolute Gasteiger partial charge is 0.319 e. The molecule has 0 aliphatic carbocycles. The third-order valence-electron chi connectivity index (χ3n) is 2.71. The van der Waals surface area contributed by atoms with Crippen LogP contribution in [0.1, 0.15) is 26.2 Å². The Morgan fingerprint density at radius 2 is 2.00 bits per heavy atom. The highest BCUT2D eigenvalue weighted by molar-refractivity contribution is 7.81. The van der Waals surface area contributed by atoms with Gasteiger partial charge >= 0.3 is 0 Å². The van der Waals surface area contributed by atoms with Crippen molar-refractivity contribution in [3.8, 4) is 0 Å². The Morgan fingerprint density at radius 3 is 2.50 bits per heavy atom. The molecule has 1 fully saturated rings. The molecule has 14 heavy (non-hydrogen) atoms. The second-order valence-corrected chi connectivity index (χ2v) is 4.55. The van der Waals surface area contributed by atoms with Gasteiger partial charge in [0.15, 0.2) is 0 Å². The van der Waals surface area contributed by atoms with Crippen LogP contribution in [-0.4, -0.2) is 35.7 Å². The maximum atomic E-state index is 12.8. The van der Waals surface area contributed by atoms with Crippen LogP contribution in [0.15, 0.2) is 0 Å². The van der Waals surface area contributed by atoms with Gasteiger partial charge in [0.25, 0.3) is 5.92 Å². The Hall–Kier alpha value is 0.170. The molecule has 0 bridgehead atoms. The normalized spacial score (nSPS) is 24.9. The number of piperidine rings is 1. The van der Waals surface area contributed by atoms with Gasteiger partial charge in [0.05, 0.1) is 0 Å².